The Hall–Kier alpha value is -0.940. The van der Waals surface area contributed by atoms with Crippen molar-refractivity contribution in [3.8, 4) is 0 Å². The molecule has 1 aromatic rings. The van der Waals surface area contributed by atoms with Crippen molar-refractivity contribution >= 4 is 21.8 Å². The first-order valence-corrected chi connectivity index (χ1v) is 7.68. The third-order valence-corrected chi connectivity index (χ3v) is 4.21. The Morgan fingerprint density at radius 2 is 2.26 bits per heavy atom. The van der Waals surface area contributed by atoms with Gasteiger partial charge in [0.05, 0.1) is 5.56 Å². The average molecular weight is 324 g/mol. The first-order chi connectivity index (χ1) is 9.24. The lowest BCUT2D eigenvalue weighted by atomic mass is 10.2. The van der Waals surface area contributed by atoms with Gasteiger partial charge in [-0.2, -0.15) is 0 Å². The van der Waals surface area contributed by atoms with Crippen LogP contribution in [0.1, 0.15) is 36.0 Å². The van der Waals surface area contributed by atoms with Crippen LogP contribution in [0.15, 0.2) is 22.9 Å². The predicted molar refractivity (Wildman–Crippen MR) is 77.0 cm³/mol. The summed E-state index contributed by atoms with van der Waals surface area (Å²) in [6.45, 7) is 1.91. The minimum Gasteiger partial charge on any atom is -0.334 e. The summed E-state index contributed by atoms with van der Waals surface area (Å²) >= 11 is 3.37. The quantitative estimate of drug-likeness (QED) is 0.924. The Labute approximate surface area is 121 Å². The van der Waals surface area contributed by atoms with Crippen molar-refractivity contribution < 1.29 is 4.79 Å². The molecule has 2 fully saturated rings. The van der Waals surface area contributed by atoms with E-state index in [0.717, 1.165) is 30.4 Å². The zero-order valence-electron chi connectivity index (χ0n) is 10.8. The van der Waals surface area contributed by atoms with Crippen LogP contribution in [-0.4, -0.2) is 41.0 Å². The second-order valence-electron chi connectivity index (χ2n) is 5.37. The Bertz CT molecular complexity index is 470. The number of carbonyl (C=O) groups is 1. The van der Waals surface area contributed by atoms with Crippen LogP contribution >= 0.6 is 15.9 Å². The molecule has 1 atom stereocenters. The smallest absolute Gasteiger partial charge is 0.255 e. The summed E-state index contributed by atoms with van der Waals surface area (Å²) < 4.78 is 0.855. The number of hydrogen-bond donors (Lipinski definition) is 1. The number of halogens is 1. The van der Waals surface area contributed by atoms with Crippen molar-refractivity contribution in [3.63, 3.8) is 0 Å². The molecule has 2 heterocycles. The van der Waals surface area contributed by atoms with E-state index >= 15 is 0 Å². The molecule has 1 aliphatic heterocycles. The molecule has 1 N–H and O–H groups in total. The van der Waals surface area contributed by atoms with Crippen LogP contribution in [-0.2, 0) is 0 Å². The number of aromatic nitrogens is 1. The normalized spacial score (nSPS) is 22.5. The fraction of sp³-hybridized carbons (Fsp3) is 0.571. The van der Waals surface area contributed by atoms with Crippen molar-refractivity contribution in [1.29, 1.82) is 0 Å². The van der Waals surface area contributed by atoms with Gasteiger partial charge in [0.25, 0.3) is 5.91 Å². The lowest BCUT2D eigenvalue weighted by molar-refractivity contribution is 0.0728. The highest BCUT2D eigenvalue weighted by molar-refractivity contribution is 9.10. The van der Waals surface area contributed by atoms with Crippen molar-refractivity contribution in [3.05, 3.63) is 28.5 Å². The predicted octanol–water partition coefficient (Wildman–Crippen LogP) is 2.20. The van der Waals surface area contributed by atoms with Crippen LogP contribution in [0.4, 0.5) is 0 Å². The summed E-state index contributed by atoms with van der Waals surface area (Å²) in [7, 11) is 0. The topological polar surface area (TPSA) is 45.2 Å². The van der Waals surface area contributed by atoms with E-state index in [9.17, 15) is 4.79 Å². The molecular formula is C14H18BrN3O. The van der Waals surface area contributed by atoms with E-state index in [-0.39, 0.29) is 5.91 Å². The van der Waals surface area contributed by atoms with Gasteiger partial charge in [-0.05, 0) is 54.2 Å². The van der Waals surface area contributed by atoms with E-state index in [1.807, 2.05) is 11.0 Å². The van der Waals surface area contributed by atoms with E-state index in [0.29, 0.717) is 17.6 Å². The molecule has 3 rings (SSSR count). The molecule has 1 saturated carbocycles. The molecule has 0 radical (unpaired) electrons. The summed E-state index contributed by atoms with van der Waals surface area (Å²) in [6.07, 6.45) is 8.03. The van der Waals surface area contributed by atoms with Crippen LogP contribution in [0.5, 0.6) is 0 Å². The van der Waals surface area contributed by atoms with Crippen molar-refractivity contribution in [2.75, 3.05) is 13.1 Å². The molecule has 1 aromatic heterocycles. The lowest BCUT2D eigenvalue weighted by Crippen LogP contribution is -2.42. The van der Waals surface area contributed by atoms with E-state index in [4.69, 9.17) is 0 Å². The number of rotatable bonds is 4. The molecule has 0 aromatic carbocycles. The number of pyridine rings is 1. The average Bonchev–Trinajstić information content (AvgIpc) is 3.12. The number of hydrogen-bond acceptors (Lipinski definition) is 3. The fourth-order valence-corrected chi connectivity index (χ4v) is 2.99. The highest BCUT2D eigenvalue weighted by Gasteiger charge is 2.35. The van der Waals surface area contributed by atoms with Gasteiger partial charge in [0.2, 0.25) is 0 Å². The number of nitrogens with zero attached hydrogens (tertiary/aromatic N) is 2. The van der Waals surface area contributed by atoms with Gasteiger partial charge in [-0.3, -0.25) is 9.78 Å². The van der Waals surface area contributed by atoms with Crippen LogP contribution in [0.2, 0.25) is 0 Å². The van der Waals surface area contributed by atoms with Gasteiger partial charge < -0.3 is 10.2 Å². The van der Waals surface area contributed by atoms with Crippen molar-refractivity contribution in [1.82, 2.24) is 15.2 Å². The summed E-state index contributed by atoms with van der Waals surface area (Å²) in [5.74, 6) is 0.116. The van der Waals surface area contributed by atoms with Gasteiger partial charge >= 0.3 is 0 Å². The summed E-state index contributed by atoms with van der Waals surface area (Å²) in [5.41, 5.74) is 0.680. The minimum atomic E-state index is 0.116. The maximum absolute atomic E-state index is 12.6. The second-order valence-corrected chi connectivity index (χ2v) is 6.29. The maximum atomic E-state index is 12.6. The number of amides is 1. The highest BCUT2D eigenvalue weighted by atomic mass is 79.9. The van der Waals surface area contributed by atoms with Crippen LogP contribution < -0.4 is 5.32 Å². The van der Waals surface area contributed by atoms with Crippen LogP contribution in [0.3, 0.4) is 0 Å². The summed E-state index contributed by atoms with van der Waals surface area (Å²) in [5, 5.41) is 3.47. The molecule has 4 nitrogen and oxygen atoms in total. The molecular weight excluding hydrogens is 306 g/mol. The van der Waals surface area contributed by atoms with E-state index in [1.54, 1.807) is 12.4 Å². The second kappa shape index (κ2) is 5.59. The third-order valence-electron chi connectivity index (χ3n) is 3.78. The first-order valence-electron chi connectivity index (χ1n) is 6.89. The van der Waals surface area contributed by atoms with Gasteiger partial charge in [0, 0.05) is 35.5 Å². The standard InChI is InChI=1S/C14H18BrN3O/c15-11-6-10(7-16-8-11)14(19)18(13-3-4-13)9-12-2-1-5-17-12/h6-8,12-13,17H,1-5,9H2. The van der Waals surface area contributed by atoms with Crippen molar-refractivity contribution in [2.45, 2.75) is 37.8 Å². The van der Waals surface area contributed by atoms with Gasteiger partial charge in [-0.25, -0.2) is 0 Å². The summed E-state index contributed by atoms with van der Waals surface area (Å²) in [4.78, 5) is 18.7. The van der Waals surface area contributed by atoms with Crippen molar-refractivity contribution in [2.24, 2.45) is 0 Å². The summed E-state index contributed by atoms with van der Waals surface area (Å²) in [6, 6.07) is 2.76. The maximum Gasteiger partial charge on any atom is 0.255 e. The molecule has 1 unspecified atom stereocenters. The number of carbonyl (C=O) groups excluding carboxylic acids is 1. The van der Waals surface area contributed by atoms with Crippen LogP contribution in [0.25, 0.3) is 0 Å². The molecule has 19 heavy (non-hydrogen) atoms. The zero-order chi connectivity index (χ0) is 13.2. The Morgan fingerprint density at radius 1 is 1.42 bits per heavy atom. The zero-order valence-corrected chi connectivity index (χ0v) is 12.4. The molecule has 0 spiro atoms. The van der Waals surface area contributed by atoms with E-state index in [2.05, 4.69) is 26.2 Å². The van der Waals surface area contributed by atoms with Gasteiger partial charge in [0.15, 0.2) is 0 Å². The van der Waals surface area contributed by atoms with Gasteiger partial charge in [0.1, 0.15) is 0 Å². The van der Waals surface area contributed by atoms with Gasteiger partial charge in [-0.1, -0.05) is 0 Å². The molecule has 1 saturated heterocycles. The number of nitrogens with one attached hydrogen (secondary N) is 1. The first kappa shape index (κ1) is 13.1. The molecule has 1 aliphatic carbocycles. The molecule has 5 heteroatoms. The largest absolute Gasteiger partial charge is 0.334 e. The van der Waals surface area contributed by atoms with E-state index < -0.39 is 0 Å². The third kappa shape index (κ3) is 3.15. The van der Waals surface area contributed by atoms with Crippen LogP contribution in [0, 0.1) is 0 Å². The Balaban J connectivity index is 1.73. The minimum absolute atomic E-state index is 0.116. The molecule has 2 aliphatic rings. The lowest BCUT2D eigenvalue weighted by Gasteiger charge is -2.26. The Kier molecular flexibility index (Phi) is 3.84. The highest BCUT2D eigenvalue weighted by Crippen LogP contribution is 2.29. The SMILES string of the molecule is O=C(c1cncc(Br)c1)N(CC1CCCN1)C1CC1. The Morgan fingerprint density at radius 3 is 2.89 bits per heavy atom. The van der Waals surface area contributed by atoms with Gasteiger partial charge in [-0.15, -0.1) is 0 Å². The molecule has 1 amide bonds. The molecule has 0 bridgehead atoms. The molecule has 102 valence electrons. The van der Waals surface area contributed by atoms with E-state index in [1.165, 1.54) is 12.8 Å². The monoisotopic (exact) mass is 323 g/mol. The fourth-order valence-electron chi connectivity index (χ4n) is 2.63.